The largest absolute Gasteiger partial charge is 0.459 e. The van der Waals surface area contributed by atoms with Crippen molar-refractivity contribution >= 4 is 28.3 Å². The molecule has 9 heteroatoms. The fraction of sp³-hybridized carbons (Fsp3) is 0.471. The van der Waals surface area contributed by atoms with Gasteiger partial charge >= 0.3 is 0 Å². The molecule has 0 atom stereocenters. The molecule has 0 fully saturated rings. The molecule has 0 radical (unpaired) electrons. The van der Waals surface area contributed by atoms with Gasteiger partial charge in [0.05, 0.1) is 18.5 Å². The molecule has 0 aliphatic rings. The van der Waals surface area contributed by atoms with Gasteiger partial charge in [-0.25, -0.2) is 4.98 Å². The molecule has 8 nitrogen and oxygen atoms in total. The number of furan rings is 1. The lowest BCUT2D eigenvalue weighted by Crippen LogP contribution is -2.38. The molecule has 0 aliphatic carbocycles. The van der Waals surface area contributed by atoms with E-state index in [-0.39, 0.29) is 5.91 Å². The Hall–Kier alpha value is -2.55. The monoisotopic (exact) mass is 378 g/mol. The summed E-state index contributed by atoms with van der Waals surface area (Å²) in [5, 5.41) is 12.3. The lowest BCUT2D eigenvalue weighted by molar-refractivity contribution is 0.0925. The number of amides is 1. The van der Waals surface area contributed by atoms with Gasteiger partial charge in [0.15, 0.2) is 16.9 Å². The van der Waals surface area contributed by atoms with E-state index in [1.54, 1.807) is 24.5 Å². The van der Waals surface area contributed by atoms with Crippen LogP contribution in [-0.4, -0.2) is 51.1 Å². The first-order valence-electron chi connectivity index (χ1n) is 8.39. The van der Waals surface area contributed by atoms with Crippen LogP contribution in [0.4, 0.5) is 5.13 Å². The number of carbonyl (C=O) groups excluding carboxylic acids is 1. The Bertz CT molecular complexity index is 737. The van der Waals surface area contributed by atoms with Crippen LogP contribution in [0.1, 0.15) is 28.2 Å². The number of thiazole rings is 1. The van der Waals surface area contributed by atoms with Crippen molar-refractivity contribution in [3.63, 3.8) is 0 Å². The van der Waals surface area contributed by atoms with Crippen LogP contribution >= 0.6 is 11.3 Å². The van der Waals surface area contributed by atoms with E-state index in [9.17, 15) is 4.79 Å². The van der Waals surface area contributed by atoms with Gasteiger partial charge in [0.25, 0.3) is 5.91 Å². The first-order valence-corrected chi connectivity index (χ1v) is 9.27. The standard InChI is InChI=1S/C17H26N6O2S/c1-12-6-9-25-14(12)15(24)19-7-5-8-20-16(18-2)21-10-13-11-26-17(22-13)23(3)4/h6,9,11H,5,7-8,10H2,1-4H3,(H,19,24)(H2,18,20,21). The predicted molar refractivity (Wildman–Crippen MR) is 105 cm³/mol. The number of hydrogen-bond donors (Lipinski definition) is 3. The molecule has 0 spiro atoms. The lowest BCUT2D eigenvalue weighted by atomic mass is 10.2. The average Bonchev–Trinajstić information content (AvgIpc) is 3.26. The topological polar surface area (TPSA) is 94.8 Å². The second-order valence-electron chi connectivity index (χ2n) is 5.91. The number of aryl methyl sites for hydroxylation is 1. The SMILES string of the molecule is CN=C(NCCCNC(=O)c1occc1C)NCc1csc(N(C)C)n1. The zero-order valence-corrected chi connectivity index (χ0v) is 16.4. The van der Waals surface area contributed by atoms with Gasteiger partial charge in [-0.1, -0.05) is 0 Å². The molecular formula is C17H26N6O2S. The highest BCUT2D eigenvalue weighted by atomic mass is 32.1. The molecule has 142 valence electrons. The van der Waals surface area contributed by atoms with Crippen LogP contribution < -0.4 is 20.9 Å². The van der Waals surface area contributed by atoms with Crippen molar-refractivity contribution in [3.05, 3.63) is 34.7 Å². The summed E-state index contributed by atoms with van der Waals surface area (Å²) >= 11 is 1.61. The molecule has 0 saturated heterocycles. The normalized spacial score (nSPS) is 11.3. The van der Waals surface area contributed by atoms with Crippen molar-refractivity contribution in [2.75, 3.05) is 39.1 Å². The summed E-state index contributed by atoms with van der Waals surface area (Å²) in [6, 6.07) is 1.77. The smallest absolute Gasteiger partial charge is 0.287 e. The quantitative estimate of drug-likeness (QED) is 0.367. The molecule has 26 heavy (non-hydrogen) atoms. The number of carbonyl (C=O) groups is 1. The minimum atomic E-state index is -0.185. The molecular weight excluding hydrogens is 352 g/mol. The zero-order valence-electron chi connectivity index (χ0n) is 15.6. The zero-order chi connectivity index (χ0) is 18.9. The summed E-state index contributed by atoms with van der Waals surface area (Å²) in [5.74, 6) is 0.892. The van der Waals surface area contributed by atoms with Crippen LogP contribution in [0.5, 0.6) is 0 Å². The molecule has 0 saturated carbocycles. The van der Waals surface area contributed by atoms with Gasteiger partial charge in [0.2, 0.25) is 0 Å². The van der Waals surface area contributed by atoms with Gasteiger partial charge in [-0.05, 0) is 19.4 Å². The van der Waals surface area contributed by atoms with E-state index in [0.717, 1.165) is 22.8 Å². The Balaban J connectivity index is 1.64. The van der Waals surface area contributed by atoms with Gasteiger partial charge < -0.3 is 25.3 Å². The predicted octanol–water partition coefficient (Wildman–Crippen LogP) is 1.60. The van der Waals surface area contributed by atoms with E-state index in [4.69, 9.17) is 4.42 Å². The van der Waals surface area contributed by atoms with Gasteiger partial charge in [-0.2, -0.15) is 0 Å². The summed E-state index contributed by atoms with van der Waals surface area (Å²) in [4.78, 5) is 22.6. The van der Waals surface area contributed by atoms with Crippen LogP contribution in [0.3, 0.4) is 0 Å². The first-order chi connectivity index (χ1) is 12.5. The Morgan fingerprint density at radius 1 is 1.31 bits per heavy atom. The molecule has 2 rings (SSSR count). The van der Waals surface area contributed by atoms with Crippen molar-refractivity contribution in [1.29, 1.82) is 0 Å². The molecule has 2 aromatic heterocycles. The lowest BCUT2D eigenvalue weighted by Gasteiger charge is -2.11. The second kappa shape index (κ2) is 9.81. The van der Waals surface area contributed by atoms with E-state index in [1.165, 1.54) is 6.26 Å². The number of aromatic nitrogens is 1. The van der Waals surface area contributed by atoms with Gasteiger partial charge in [-0.3, -0.25) is 9.79 Å². The molecule has 1 amide bonds. The van der Waals surface area contributed by atoms with Crippen molar-refractivity contribution in [3.8, 4) is 0 Å². The van der Waals surface area contributed by atoms with Crippen LogP contribution in [0, 0.1) is 6.92 Å². The van der Waals surface area contributed by atoms with Crippen molar-refractivity contribution < 1.29 is 9.21 Å². The van der Waals surface area contributed by atoms with Crippen LogP contribution in [-0.2, 0) is 6.54 Å². The maximum Gasteiger partial charge on any atom is 0.287 e. The molecule has 2 aromatic rings. The van der Waals surface area contributed by atoms with E-state index >= 15 is 0 Å². The number of nitrogens with one attached hydrogen (secondary N) is 3. The highest BCUT2D eigenvalue weighted by Gasteiger charge is 2.11. The Labute approximate surface area is 157 Å². The van der Waals surface area contributed by atoms with Gasteiger partial charge in [-0.15, -0.1) is 11.3 Å². The van der Waals surface area contributed by atoms with E-state index < -0.39 is 0 Å². The Kier molecular flexibility index (Phi) is 7.46. The number of rotatable bonds is 8. The maximum atomic E-state index is 11.9. The minimum absolute atomic E-state index is 0.185. The fourth-order valence-corrected chi connectivity index (χ4v) is 2.92. The fourth-order valence-electron chi connectivity index (χ4n) is 2.16. The van der Waals surface area contributed by atoms with Gasteiger partial charge in [0.1, 0.15) is 0 Å². The summed E-state index contributed by atoms with van der Waals surface area (Å²) in [7, 11) is 5.67. The highest BCUT2D eigenvalue weighted by Crippen LogP contribution is 2.17. The average molecular weight is 379 g/mol. The number of nitrogens with zero attached hydrogens (tertiary/aromatic N) is 3. The van der Waals surface area contributed by atoms with Crippen molar-refractivity contribution in [2.24, 2.45) is 4.99 Å². The third-order valence-electron chi connectivity index (χ3n) is 3.58. The van der Waals surface area contributed by atoms with Crippen LogP contribution in [0.25, 0.3) is 0 Å². The molecule has 0 unspecified atom stereocenters. The van der Waals surface area contributed by atoms with Crippen LogP contribution in [0.15, 0.2) is 27.1 Å². The molecule has 0 aliphatic heterocycles. The summed E-state index contributed by atoms with van der Waals surface area (Å²) < 4.78 is 5.16. The number of aliphatic imine (C=N–C) groups is 1. The maximum absolute atomic E-state index is 11.9. The number of anilines is 1. The third kappa shape index (κ3) is 5.76. The molecule has 3 N–H and O–H groups in total. The van der Waals surface area contributed by atoms with E-state index in [1.807, 2.05) is 31.3 Å². The molecule has 2 heterocycles. The summed E-state index contributed by atoms with van der Waals surface area (Å²) in [5.41, 5.74) is 1.81. The Morgan fingerprint density at radius 3 is 2.69 bits per heavy atom. The van der Waals surface area contributed by atoms with Crippen molar-refractivity contribution in [1.82, 2.24) is 20.9 Å². The number of guanidine groups is 1. The van der Waals surface area contributed by atoms with E-state index in [0.29, 0.717) is 31.4 Å². The summed E-state index contributed by atoms with van der Waals surface area (Å²) in [6.45, 7) is 3.70. The highest BCUT2D eigenvalue weighted by molar-refractivity contribution is 7.13. The molecule has 0 bridgehead atoms. The number of hydrogen-bond acceptors (Lipinski definition) is 6. The third-order valence-corrected chi connectivity index (χ3v) is 4.64. The van der Waals surface area contributed by atoms with Crippen LogP contribution in [0.2, 0.25) is 0 Å². The van der Waals surface area contributed by atoms with Gasteiger partial charge in [0, 0.05) is 45.2 Å². The second-order valence-corrected chi connectivity index (χ2v) is 6.75. The first kappa shape index (κ1) is 19.8. The van der Waals surface area contributed by atoms with Crippen molar-refractivity contribution in [2.45, 2.75) is 19.9 Å². The van der Waals surface area contributed by atoms with E-state index in [2.05, 4.69) is 25.9 Å². The summed E-state index contributed by atoms with van der Waals surface area (Å²) in [6.07, 6.45) is 2.29. The minimum Gasteiger partial charge on any atom is -0.459 e. The Morgan fingerprint density at radius 2 is 2.08 bits per heavy atom. The molecule has 0 aromatic carbocycles.